The summed E-state index contributed by atoms with van der Waals surface area (Å²) >= 11 is 4.95. The number of amides is 2. The van der Waals surface area contributed by atoms with Gasteiger partial charge >= 0.3 is 0 Å². The van der Waals surface area contributed by atoms with Gasteiger partial charge in [-0.15, -0.1) is 11.3 Å². The highest BCUT2D eigenvalue weighted by molar-refractivity contribution is 9.10. The number of fused-ring (bicyclic) bond motifs is 1. The van der Waals surface area contributed by atoms with Gasteiger partial charge in [0.05, 0.1) is 5.56 Å². The van der Waals surface area contributed by atoms with Gasteiger partial charge in [-0.1, -0.05) is 6.07 Å². The SMILES string of the molecule is Cc1c(NC(=O)c2ccc(F)cc2Br)cccc1C(=O)N1CCc2sccc2C1. The van der Waals surface area contributed by atoms with Crippen LogP contribution < -0.4 is 5.32 Å². The third-order valence-electron chi connectivity index (χ3n) is 5.08. The molecule has 4 rings (SSSR count). The van der Waals surface area contributed by atoms with Crippen LogP contribution in [0.5, 0.6) is 0 Å². The fourth-order valence-corrected chi connectivity index (χ4v) is 4.88. The fraction of sp³-hybridized carbons (Fsp3) is 0.182. The Bertz CT molecular complexity index is 1110. The highest BCUT2D eigenvalue weighted by atomic mass is 79.9. The predicted molar refractivity (Wildman–Crippen MR) is 116 cm³/mol. The van der Waals surface area contributed by atoms with Crippen molar-refractivity contribution in [1.29, 1.82) is 0 Å². The lowest BCUT2D eigenvalue weighted by molar-refractivity contribution is 0.0735. The van der Waals surface area contributed by atoms with E-state index < -0.39 is 5.82 Å². The van der Waals surface area contributed by atoms with Crippen LogP contribution in [-0.4, -0.2) is 23.3 Å². The van der Waals surface area contributed by atoms with E-state index in [2.05, 4.69) is 32.7 Å². The number of thiophene rings is 1. The monoisotopic (exact) mass is 472 g/mol. The van der Waals surface area contributed by atoms with Gasteiger partial charge in [0.1, 0.15) is 5.82 Å². The zero-order chi connectivity index (χ0) is 20.5. The predicted octanol–water partition coefficient (Wildman–Crippen LogP) is 5.41. The van der Waals surface area contributed by atoms with Gasteiger partial charge < -0.3 is 10.2 Å². The molecule has 0 saturated carbocycles. The van der Waals surface area contributed by atoms with Crippen molar-refractivity contribution in [2.75, 3.05) is 11.9 Å². The maximum Gasteiger partial charge on any atom is 0.256 e. The van der Waals surface area contributed by atoms with E-state index >= 15 is 0 Å². The molecule has 1 aromatic heterocycles. The number of benzene rings is 2. The molecule has 29 heavy (non-hydrogen) atoms. The summed E-state index contributed by atoms with van der Waals surface area (Å²) in [5.41, 5.74) is 3.37. The molecular formula is C22H18BrFN2O2S. The molecule has 1 aliphatic heterocycles. The Morgan fingerprint density at radius 1 is 1.17 bits per heavy atom. The molecule has 3 aromatic rings. The highest BCUT2D eigenvalue weighted by Gasteiger charge is 2.24. The summed E-state index contributed by atoms with van der Waals surface area (Å²) in [5.74, 6) is -0.837. The number of nitrogens with one attached hydrogen (secondary N) is 1. The molecule has 0 spiro atoms. The third kappa shape index (κ3) is 3.97. The van der Waals surface area contributed by atoms with Gasteiger partial charge in [0, 0.05) is 33.7 Å². The first kappa shape index (κ1) is 19.8. The summed E-state index contributed by atoms with van der Waals surface area (Å²) in [4.78, 5) is 28.9. The second-order valence-electron chi connectivity index (χ2n) is 6.90. The molecule has 0 aliphatic carbocycles. The lowest BCUT2D eigenvalue weighted by Crippen LogP contribution is -2.35. The number of rotatable bonds is 3. The molecule has 148 valence electrons. The van der Waals surface area contributed by atoms with Crippen LogP contribution in [0.1, 0.15) is 36.7 Å². The van der Waals surface area contributed by atoms with Gasteiger partial charge in [-0.3, -0.25) is 9.59 Å². The molecule has 2 heterocycles. The lowest BCUT2D eigenvalue weighted by atomic mass is 10.0. The maximum atomic E-state index is 13.3. The van der Waals surface area contributed by atoms with Gasteiger partial charge in [0.2, 0.25) is 0 Å². The van der Waals surface area contributed by atoms with Crippen LogP contribution >= 0.6 is 27.3 Å². The minimum atomic E-state index is -0.424. The average Bonchev–Trinajstić information content (AvgIpc) is 3.16. The summed E-state index contributed by atoms with van der Waals surface area (Å²) in [6, 6.07) is 11.3. The Morgan fingerprint density at radius 3 is 2.79 bits per heavy atom. The Labute approximate surface area is 180 Å². The molecule has 1 N–H and O–H groups in total. The summed E-state index contributed by atoms with van der Waals surface area (Å²) in [5, 5.41) is 4.90. The minimum Gasteiger partial charge on any atom is -0.334 e. The molecule has 0 fully saturated rings. The van der Waals surface area contributed by atoms with E-state index in [1.807, 2.05) is 11.8 Å². The van der Waals surface area contributed by atoms with Crippen molar-refractivity contribution in [3.05, 3.63) is 85.3 Å². The average molecular weight is 473 g/mol. The highest BCUT2D eigenvalue weighted by Crippen LogP contribution is 2.27. The molecular weight excluding hydrogens is 455 g/mol. The number of nitrogens with zero attached hydrogens (tertiary/aromatic N) is 1. The zero-order valence-electron chi connectivity index (χ0n) is 15.7. The number of hydrogen-bond acceptors (Lipinski definition) is 3. The fourth-order valence-electron chi connectivity index (χ4n) is 3.46. The maximum absolute atomic E-state index is 13.3. The van der Waals surface area contributed by atoms with Gasteiger partial charge in [0.25, 0.3) is 11.8 Å². The smallest absolute Gasteiger partial charge is 0.256 e. The van der Waals surface area contributed by atoms with E-state index in [1.54, 1.807) is 29.5 Å². The number of hydrogen-bond donors (Lipinski definition) is 1. The molecule has 7 heteroatoms. The van der Waals surface area contributed by atoms with Crippen molar-refractivity contribution < 1.29 is 14.0 Å². The van der Waals surface area contributed by atoms with Crippen LogP contribution in [0.25, 0.3) is 0 Å². The van der Waals surface area contributed by atoms with E-state index in [0.717, 1.165) is 6.42 Å². The van der Waals surface area contributed by atoms with Crippen LogP contribution in [0, 0.1) is 12.7 Å². The number of carbonyl (C=O) groups excluding carboxylic acids is 2. The molecule has 2 aromatic carbocycles. The third-order valence-corrected chi connectivity index (χ3v) is 6.76. The van der Waals surface area contributed by atoms with Crippen molar-refractivity contribution in [1.82, 2.24) is 4.90 Å². The van der Waals surface area contributed by atoms with E-state index in [1.165, 1.54) is 28.6 Å². The van der Waals surface area contributed by atoms with Gasteiger partial charge in [-0.05, 0) is 82.2 Å². The first-order valence-electron chi connectivity index (χ1n) is 9.14. The molecule has 0 unspecified atom stereocenters. The van der Waals surface area contributed by atoms with Crippen molar-refractivity contribution in [2.45, 2.75) is 19.9 Å². The van der Waals surface area contributed by atoms with Crippen molar-refractivity contribution in [3.63, 3.8) is 0 Å². The molecule has 2 amide bonds. The number of anilines is 1. The molecule has 0 saturated heterocycles. The van der Waals surface area contributed by atoms with Crippen LogP contribution in [0.3, 0.4) is 0 Å². The summed E-state index contributed by atoms with van der Waals surface area (Å²) in [6.45, 7) is 3.11. The second kappa shape index (κ2) is 8.08. The van der Waals surface area contributed by atoms with Gasteiger partial charge in [0.15, 0.2) is 0 Å². The van der Waals surface area contributed by atoms with E-state index in [9.17, 15) is 14.0 Å². The Kier molecular flexibility index (Phi) is 5.52. The molecule has 0 radical (unpaired) electrons. The molecule has 0 atom stereocenters. The lowest BCUT2D eigenvalue weighted by Gasteiger charge is -2.28. The van der Waals surface area contributed by atoms with E-state index in [0.29, 0.717) is 39.9 Å². The molecule has 0 bridgehead atoms. The summed E-state index contributed by atoms with van der Waals surface area (Å²) < 4.78 is 13.7. The second-order valence-corrected chi connectivity index (χ2v) is 8.76. The number of halogens is 2. The van der Waals surface area contributed by atoms with Gasteiger partial charge in [-0.2, -0.15) is 0 Å². The van der Waals surface area contributed by atoms with Crippen LogP contribution in [0.15, 0.2) is 52.3 Å². The van der Waals surface area contributed by atoms with Crippen LogP contribution in [-0.2, 0) is 13.0 Å². The minimum absolute atomic E-state index is 0.0431. The quantitative estimate of drug-likeness (QED) is 0.553. The largest absolute Gasteiger partial charge is 0.334 e. The number of carbonyl (C=O) groups is 2. The van der Waals surface area contributed by atoms with Crippen molar-refractivity contribution in [3.8, 4) is 0 Å². The first-order chi connectivity index (χ1) is 13.9. The summed E-state index contributed by atoms with van der Waals surface area (Å²) in [7, 11) is 0. The van der Waals surface area contributed by atoms with Crippen LogP contribution in [0.4, 0.5) is 10.1 Å². The summed E-state index contributed by atoms with van der Waals surface area (Å²) in [6.07, 6.45) is 0.868. The molecule has 4 nitrogen and oxygen atoms in total. The Balaban J connectivity index is 1.56. The van der Waals surface area contributed by atoms with Crippen LogP contribution in [0.2, 0.25) is 0 Å². The molecule has 1 aliphatic rings. The zero-order valence-corrected chi connectivity index (χ0v) is 18.1. The van der Waals surface area contributed by atoms with Crippen molar-refractivity contribution in [2.24, 2.45) is 0 Å². The standard InChI is InChI=1S/C22H18BrFN2O2S/c1-13-16(22(28)26-9-7-20-14(12-26)8-10-29-20)3-2-4-19(13)25-21(27)17-6-5-15(24)11-18(17)23/h2-6,8,10-11H,7,9,12H2,1H3,(H,25,27). The van der Waals surface area contributed by atoms with Gasteiger partial charge in [-0.25, -0.2) is 4.39 Å². The van der Waals surface area contributed by atoms with Crippen molar-refractivity contribution >= 4 is 44.8 Å². The Hall–Kier alpha value is -2.51. The first-order valence-corrected chi connectivity index (χ1v) is 10.8. The normalized spacial score (nSPS) is 13.1. The Morgan fingerprint density at radius 2 is 2.00 bits per heavy atom. The topological polar surface area (TPSA) is 49.4 Å². The van der Waals surface area contributed by atoms with E-state index in [4.69, 9.17) is 0 Å². The van der Waals surface area contributed by atoms with E-state index in [-0.39, 0.29) is 11.8 Å².